The topological polar surface area (TPSA) is 67.2 Å². The zero-order chi connectivity index (χ0) is 21.5. The van der Waals surface area contributed by atoms with Crippen LogP contribution in [-0.2, 0) is 4.79 Å². The molecular formula is C23H27ClN6O. The summed E-state index contributed by atoms with van der Waals surface area (Å²) in [5.74, 6) is 2.53. The summed E-state index contributed by atoms with van der Waals surface area (Å²) in [5.41, 5.74) is 1.57. The summed E-state index contributed by atoms with van der Waals surface area (Å²) in [6, 6.07) is 7.66. The molecule has 2 aliphatic rings. The van der Waals surface area contributed by atoms with Crippen LogP contribution in [0.5, 0.6) is 0 Å². The van der Waals surface area contributed by atoms with Crippen molar-refractivity contribution in [2.45, 2.75) is 39.0 Å². The van der Waals surface area contributed by atoms with Gasteiger partial charge in [0.1, 0.15) is 11.6 Å². The molecule has 3 heterocycles. The van der Waals surface area contributed by atoms with Gasteiger partial charge >= 0.3 is 0 Å². The van der Waals surface area contributed by atoms with Crippen LogP contribution < -0.4 is 4.90 Å². The first-order valence-electron chi connectivity index (χ1n) is 11.1. The molecule has 1 unspecified atom stereocenters. The summed E-state index contributed by atoms with van der Waals surface area (Å²) >= 11 is 6.46. The van der Waals surface area contributed by atoms with Gasteiger partial charge in [0.05, 0.1) is 22.3 Å². The predicted molar refractivity (Wildman–Crippen MR) is 122 cm³/mol. The van der Waals surface area contributed by atoms with E-state index in [1.807, 2.05) is 40.0 Å². The van der Waals surface area contributed by atoms with Gasteiger partial charge in [0, 0.05) is 38.0 Å². The molecule has 0 radical (unpaired) electrons. The molecule has 7 nitrogen and oxygen atoms in total. The largest absolute Gasteiger partial charge is 0.352 e. The SMILES string of the molecule is CCC(C)c1nc(N2CCN(C(=O)C3CC3)CC2)c2cnn(-c3ccccc3Cl)c2n1. The number of para-hydroxylation sites is 1. The van der Waals surface area contributed by atoms with Crippen molar-refractivity contribution in [1.29, 1.82) is 0 Å². The van der Waals surface area contributed by atoms with Gasteiger partial charge in [-0.1, -0.05) is 37.6 Å². The summed E-state index contributed by atoms with van der Waals surface area (Å²) in [6.45, 7) is 7.29. The van der Waals surface area contributed by atoms with E-state index in [-0.39, 0.29) is 11.8 Å². The molecule has 1 aromatic carbocycles. The third-order valence-electron chi connectivity index (χ3n) is 6.38. The second kappa shape index (κ2) is 8.11. The van der Waals surface area contributed by atoms with E-state index in [1.54, 1.807) is 0 Å². The maximum absolute atomic E-state index is 12.4. The van der Waals surface area contributed by atoms with Crippen molar-refractivity contribution in [1.82, 2.24) is 24.6 Å². The molecule has 2 fully saturated rings. The van der Waals surface area contributed by atoms with Crippen LogP contribution in [-0.4, -0.2) is 56.7 Å². The van der Waals surface area contributed by atoms with Gasteiger partial charge in [-0.05, 0) is 31.4 Å². The normalized spacial score (nSPS) is 17.9. The number of hydrogen-bond acceptors (Lipinski definition) is 5. The van der Waals surface area contributed by atoms with Crippen LogP contribution in [0.15, 0.2) is 30.5 Å². The molecule has 1 atom stereocenters. The quantitative estimate of drug-likeness (QED) is 0.601. The molecule has 31 heavy (non-hydrogen) atoms. The van der Waals surface area contributed by atoms with Crippen LogP contribution in [0.2, 0.25) is 5.02 Å². The summed E-state index contributed by atoms with van der Waals surface area (Å²) in [4.78, 5) is 26.6. The fraction of sp³-hybridized carbons (Fsp3) is 0.478. The van der Waals surface area contributed by atoms with E-state index in [0.29, 0.717) is 10.9 Å². The van der Waals surface area contributed by atoms with Crippen molar-refractivity contribution >= 4 is 34.4 Å². The van der Waals surface area contributed by atoms with Gasteiger partial charge in [-0.15, -0.1) is 0 Å². The maximum atomic E-state index is 12.4. The van der Waals surface area contributed by atoms with Crippen LogP contribution in [0.1, 0.15) is 44.9 Å². The van der Waals surface area contributed by atoms with E-state index >= 15 is 0 Å². The fourth-order valence-corrected chi connectivity index (χ4v) is 4.30. The Morgan fingerprint density at radius 2 is 1.90 bits per heavy atom. The Morgan fingerprint density at radius 3 is 2.58 bits per heavy atom. The average Bonchev–Trinajstić information content (AvgIpc) is 3.57. The van der Waals surface area contributed by atoms with Crippen LogP contribution in [0.3, 0.4) is 0 Å². The van der Waals surface area contributed by atoms with E-state index in [9.17, 15) is 4.79 Å². The first-order chi connectivity index (χ1) is 15.1. The minimum atomic E-state index is 0.232. The lowest BCUT2D eigenvalue weighted by molar-refractivity contribution is -0.132. The maximum Gasteiger partial charge on any atom is 0.225 e. The van der Waals surface area contributed by atoms with E-state index in [4.69, 9.17) is 21.6 Å². The molecule has 1 aliphatic heterocycles. The third-order valence-corrected chi connectivity index (χ3v) is 6.70. The number of aromatic nitrogens is 4. The Labute approximate surface area is 187 Å². The molecule has 1 aliphatic carbocycles. The molecule has 8 heteroatoms. The predicted octanol–water partition coefficient (Wildman–Crippen LogP) is 4.04. The zero-order valence-corrected chi connectivity index (χ0v) is 18.7. The number of amides is 1. The van der Waals surface area contributed by atoms with Crippen molar-refractivity contribution in [2.75, 3.05) is 31.1 Å². The first-order valence-corrected chi connectivity index (χ1v) is 11.5. The highest BCUT2D eigenvalue weighted by Gasteiger charge is 2.35. The molecule has 2 aromatic heterocycles. The van der Waals surface area contributed by atoms with E-state index in [0.717, 1.165) is 73.8 Å². The number of anilines is 1. The van der Waals surface area contributed by atoms with Crippen molar-refractivity contribution < 1.29 is 4.79 Å². The molecule has 0 spiro atoms. The Hall–Kier alpha value is -2.67. The lowest BCUT2D eigenvalue weighted by Crippen LogP contribution is -2.49. The molecule has 5 rings (SSSR count). The van der Waals surface area contributed by atoms with Crippen molar-refractivity contribution in [3.05, 3.63) is 41.3 Å². The molecule has 1 amide bonds. The highest BCUT2D eigenvalue weighted by molar-refractivity contribution is 6.32. The lowest BCUT2D eigenvalue weighted by atomic mass is 10.1. The Bertz CT molecular complexity index is 1120. The van der Waals surface area contributed by atoms with Gasteiger partial charge in [-0.3, -0.25) is 4.79 Å². The van der Waals surface area contributed by atoms with Crippen molar-refractivity contribution in [2.24, 2.45) is 5.92 Å². The lowest BCUT2D eigenvalue weighted by Gasteiger charge is -2.36. The van der Waals surface area contributed by atoms with Crippen LogP contribution in [0, 0.1) is 5.92 Å². The monoisotopic (exact) mass is 438 g/mol. The molecule has 1 saturated heterocycles. The standard InChI is InChI=1S/C23H27ClN6O/c1-3-15(2)20-26-21(28-10-12-29(13-11-28)23(31)16-8-9-16)17-14-25-30(22(17)27-20)19-7-5-4-6-18(19)24/h4-7,14-16H,3,8-13H2,1-2H3. The summed E-state index contributed by atoms with van der Waals surface area (Å²) < 4.78 is 1.81. The van der Waals surface area contributed by atoms with Gasteiger partial charge in [-0.25, -0.2) is 14.6 Å². The number of halogens is 1. The highest BCUT2D eigenvalue weighted by atomic mass is 35.5. The van der Waals surface area contributed by atoms with Gasteiger partial charge < -0.3 is 9.80 Å². The van der Waals surface area contributed by atoms with Gasteiger partial charge in [0.15, 0.2) is 5.65 Å². The number of carbonyl (C=O) groups excluding carboxylic acids is 1. The number of rotatable bonds is 5. The Morgan fingerprint density at radius 1 is 1.16 bits per heavy atom. The van der Waals surface area contributed by atoms with Crippen molar-refractivity contribution in [3.63, 3.8) is 0 Å². The van der Waals surface area contributed by atoms with Gasteiger partial charge in [0.25, 0.3) is 0 Å². The van der Waals surface area contributed by atoms with Crippen LogP contribution in [0.25, 0.3) is 16.7 Å². The fourth-order valence-electron chi connectivity index (χ4n) is 4.08. The van der Waals surface area contributed by atoms with E-state index in [1.165, 1.54) is 0 Å². The first kappa shape index (κ1) is 20.2. The van der Waals surface area contributed by atoms with Crippen molar-refractivity contribution in [3.8, 4) is 5.69 Å². The Kier molecular flexibility index (Phi) is 5.30. The number of benzene rings is 1. The second-order valence-electron chi connectivity index (χ2n) is 8.55. The number of carbonyl (C=O) groups is 1. The number of hydrogen-bond donors (Lipinski definition) is 0. The van der Waals surface area contributed by atoms with Gasteiger partial charge in [0.2, 0.25) is 5.91 Å². The molecule has 0 bridgehead atoms. The Balaban J connectivity index is 1.53. The number of piperazine rings is 1. The van der Waals surface area contributed by atoms with E-state index in [2.05, 4.69) is 23.8 Å². The third kappa shape index (κ3) is 3.76. The highest BCUT2D eigenvalue weighted by Crippen LogP contribution is 2.33. The minimum absolute atomic E-state index is 0.232. The second-order valence-corrected chi connectivity index (χ2v) is 8.95. The number of nitrogens with zero attached hydrogens (tertiary/aromatic N) is 6. The molecule has 0 N–H and O–H groups in total. The molecule has 1 saturated carbocycles. The average molecular weight is 439 g/mol. The van der Waals surface area contributed by atoms with Gasteiger partial charge in [-0.2, -0.15) is 5.10 Å². The van der Waals surface area contributed by atoms with Crippen LogP contribution in [0.4, 0.5) is 5.82 Å². The number of fused-ring (bicyclic) bond motifs is 1. The van der Waals surface area contributed by atoms with E-state index < -0.39 is 0 Å². The van der Waals surface area contributed by atoms with Crippen LogP contribution >= 0.6 is 11.6 Å². The summed E-state index contributed by atoms with van der Waals surface area (Å²) in [6.07, 6.45) is 4.88. The zero-order valence-electron chi connectivity index (χ0n) is 18.0. The minimum Gasteiger partial charge on any atom is -0.352 e. The smallest absolute Gasteiger partial charge is 0.225 e. The summed E-state index contributed by atoms with van der Waals surface area (Å²) in [5, 5.41) is 6.16. The molecule has 3 aromatic rings. The molecule has 162 valence electrons. The summed E-state index contributed by atoms with van der Waals surface area (Å²) in [7, 11) is 0. The molecular weight excluding hydrogens is 412 g/mol.